The average Bonchev–Trinajstić information content (AvgIpc) is 2.53. The second-order valence-corrected chi connectivity index (χ2v) is 6.77. The third-order valence-corrected chi connectivity index (χ3v) is 4.87. The zero-order valence-corrected chi connectivity index (χ0v) is 14.0. The number of ether oxygens (including phenoxy) is 1. The molecule has 0 spiro atoms. The summed E-state index contributed by atoms with van der Waals surface area (Å²) in [5, 5.41) is 3.15. The minimum Gasteiger partial charge on any atom is -0.497 e. The fourth-order valence-corrected chi connectivity index (χ4v) is 3.14. The molecule has 6 heteroatoms. The fraction of sp³-hybridized carbons (Fsp3) is 0.250. The van der Waals surface area contributed by atoms with Crippen molar-refractivity contribution in [3.63, 3.8) is 0 Å². The number of sulfone groups is 1. The number of hydrogen-bond acceptors (Lipinski definition) is 4. The van der Waals surface area contributed by atoms with Crippen LogP contribution in [0.5, 0.6) is 5.75 Å². The first-order chi connectivity index (χ1) is 10.1. The lowest BCUT2D eigenvalue weighted by molar-refractivity contribution is 0.414. The monoisotopic (exact) mass is 341 g/mol. The van der Waals surface area contributed by atoms with Crippen molar-refractivity contribution in [1.29, 1.82) is 0 Å². The van der Waals surface area contributed by atoms with Crippen LogP contribution in [0.2, 0.25) is 0 Å². The number of halogens is 1. The van der Waals surface area contributed by atoms with Gasteiger partial charge in [0, 0.05) is 13.1 Å². The lowest BCUT2D eigenvalue weighted by atomic mass is 10.2. The van der Waals surface area contributed by atoms with E-state index in [4.69, 9.17) is 4.74 Å². The van der Waals surface area contributed by atoms with E-state index in [1.807, 2.05) is 30.3 Å². The van der Waals surface area contributed by atoms with Crippen molar-refractivity contribution in [3.05, 3.63) is 60.2 Å². The van der Waals surface area contributed by atoms with E-state index in [2.05, 4.69) is 5.32 Å². The van der Waals surface area contributed by atoms with Gasteiger partial charge in [0.15, 0.2) is 9.84 Å². The van der Waals surface area contributed by atoms with Gasteiger partial charge in [-0.2, -0.15) is 0 Å². The van der Waals surface area contributed by atoms with Gasteiger partial charge in [-0.3, -0.25) is 0 Å². The standard InChI is InChI=1S/C16H19NO3S.ClH/c1-20-15-7-9-16(10-8-15)21(18,19)12-11-17-13-14-5-3-2-4-6-14;/h2-10,17H,11-13H2,1H3;1H. The molecule has 0 aromatic heterocycles. The van der Waals surface area contributed by atoms with Crippen LogP contribution in [0, 0.1) is 0 Å². The normalized spacial score (nSPS) is 10.8. The SMILES string of the molecule is COc1ccc(S(=O)(=O)CCNCc2ccccc2)cc1.Cl. The molecule has 120 valence electrons. The Hall–Kier alpha value is -1.56. The summed E-state index contributed by atoms with van der Waals surface area (Å²) in [6.45, 7) is 1.09. The Morgan fingerprint density at radius 3 is 2.23 bits per heavy atom. The molecular formula is C16H20ClNO3S. The molecule has 2 rings (SSSR count). The van der Waals surface area contributed by atoms with Crippen LogP contribution in [0.15, 0.2) is 59.5 Å². The van der Waals surface area contributed by atoms with Crippen molar-refractivity contribution < 1.29 is 13.2 Å². The van der Waals surface area contributed by atoms with Gasteiger partial charge < -0.3 is 10.1 Å². The number of hydrogen-bond donors (Lipinski definition) is 1. The van der Waals surface area contributed by atoms with E-state index in [0.29, 0.717) is 23.7 Å². The molecule has 22 heavy (non-hydrogen) atoms. The van der Waals surface area contributed by atoms with E-state index in [9.17, 15) is 8.42 Å². The van der Waals surface area contributed by atoms with Gasteiger partial charge in [-0.1, -0.05) is 30.3 Å². The molecule has 0 bridgehead atoms. The number of methoxy groups -OCH3 is 1. The minimum atomic E-state index is -3.26. The Labute approximate surface area is 137 Å². The van der Waals surface area contributed by atoms with Crippen LogP contribution >= 0.6 is 12.4 Å². The third kappa shape index (κ3) is 5.33. The summed E-state index contributed by atoms with van der Waals surface area (Å²) in [7, 11) is -1.71. The summed E-state index contributed by atoms with van der Waals surface area (Å²) in [6.07, 6.45) is 0. The summed E-state index contributed by atoms with van der Waals surface area (Å²) >= 11 is 0. The summed E-state index contributed by atoms with van der Waals surface area (Å²) in [5.41, 5.74) is 1.14. The van der Waals surface area contributed by atoms with E-state index >= 15 is 0 Å². The highest BCUT2D eigenvalue weighted by Crippen LogP contribution is 2.16. The molecule has 1 N–H and O–H groups in total. The maximum Gasteiger partial charge on any atom is 0.179 e. The second kappa shape index (κ2) is 8.78. The smallest absolute Gasteiger partial charge is 0.179 e. The molecule has 0 amide bonds. The zero-order valence-electron chi connectivity index (χ0n) is 12.4. The number of rotatable bonds is 7. The Kier molecular flexibility index (Phi) is 7.38. The van der Waals surface area contributed by atoms with Gasteiger partial charge >= 0.3 is 0 Å². The van der Waals surface area contributed by atoms with Crippen LogP contribution in [0.3, 0.4) is 0 Å². The number of nitrogens with one attached hydrogen (secondary N) is 1. The van der Waals surface area contributed by atoms with E-state index in [-0.39, 0.29) is 18.2 Å². The van der Waals surface area contributed by atoms with E-state index < -0.39 is 9.84 Å². The Morgan fingerprint density at radius 2 is 1.64 bits per heavy atom. The molecule has 4 nitrogen and oxygen atoms in total. The van der Waals surface area contributed by atoms with Crippen LogP contribution in [0.25, 0.3) is 0 Å². The summed E-state index contributed by atoms with van der Waals surface area (Å²) < 4.78 is 29.3. The molecule has 0 saturated carbocycles. The van der Waals surface area contributed by atoms with Crippen LogP contribution in [0.4, 0.5) is 0 Å². The Balaban J connectivity index is 0.00000242. The topological polar surface area (TPSA) is 55.4 Å². The predicted octanol–water partition coefficient (Wildman–Crippen LogP) is 2.68. The summed E-state index contributed by atoms with van der Waals surface area (Å²) in [6, 6.07) is 16.4. The van der Waals surface area contributed by atoms with Crippen LogP contribution in [-0.4, -0.2) is 27.8 Å². The molecule has 0 aliphatic carbocycles. The highest BCUT2D eigenvalue weighted by molar-refractivity contribution is 7.91. The molecule has 0 unspecified atom stereocenters. The van der Waals surface area contributed by atoms with Crippen molar-refractivity contribution in [2.75, 3.05) is 19.4 Å². The first kappa shape index (κ1) is 18.5. The molecule has 2 aromatic rings. The maximum atomic E-state index is 12.2. The van der Waals surface area contributed by atoms with Gasteiger partial charge in [0.25, 0.3) is 0 Å². The summed E-state index contributed by atoms with van der Waals surface area (Å²) in [5.74, 6) is 0.725. The predicted molar refractivity (Wildman–Crippen MR) is 90.4 cm³/mol. The first-order valence-electron chi connectivity index (χ1n) is 6.73. The largest absolute Gasteiger partial charge is 0.497 e. The summed E-state index contributed by atoms with van der Waals surface area (Å²) in [4.78, 5) is 0.324. The molecular weight excluding hydrogens is 322 g/mol. The van der Waals surface area contributed by atoms with Crippen molar-refractivity contribution in [1.82, 2.24) is 5.32 Å². The van der Waals surface area contributed by atoms with Gasteiger partial charge in [-0.15, -0.1) is 12.4 Å². The van der Waals surface area contributed by atoms with Gasteiger partial charge in [0.2, 0.25) is 0 Å². The molecule has 0 fully saturated rings. The lowest BCUT2D eigenvalue weighted by Crippen LogP contribution is -2.22. The van der Waals surface area contributed by atoms with Crippen molar-refractivity contribution in [3.8, 4) is 5.75 Å². The van der Waals surface area contributed by atoms with Crippen LogP contribution in [0.1, 0.15) is 5.56 Å². The van der Waals surface area contributed by atoms with Crippen LogP contribution in [-0.2, 0) is 16.4 Å². The minimum absolute atomic E-state index is 0. The van der Waals surface area contributed by atoms with E-state index in [1.165, 1.54) is 0 Å². The molecule has 2 aromatic carbocycles. The average molecular weight is 342 g/mol. The Morgan fingerprint density at radius 1 is 1.00 bits per heavy atom. The third-order valence-electron chi connectivity index (χ3n) is 3.14. The van der Waals surface area contributed by atoms with Crippen molar-refractivity contribution in [2.45, 2.75) is 11.4 Å². The molecule has 0 aliphatic rings. The quantitative estimate of drug-likeness (QED) is 0.787. The van der Waals surface area contributed by atoms with E-state index in [0.717, 1.165) is 5.56 Å². The van der Waals surface area contributed by atoms with Gasteiger partial charge in [0.1, 0.15) is 5.75 Å². The molecule has 0 saturated heterocycles. The van der Waals surface area contributed by atoms with Crippen molar-refractivity contribution in [2.24, 2.45) is 0 Å². The second-order valence-electron chi connectivity index (χ2n) is 4.66. The maximum absolute atomic E-state index is 12.2. The van der Waals surface area contributed by atoms with Gasteiger partial charge in [-0.05, 0) is 29.8 Å². The van der Waals surface area contributed by atoms with Gasteiger partial charge in [-0.25, -0.2) is 8.42 Å². The van der Waals surface area contributed by atoms with Gasteiger partial charge in [0.05, 0.1) is 17.8 Å². The molecule has 0 radical (unpaired) electrons. The van der Waals surface area contributed by atoms with E-state index in [1.54, 1.807) is 31.4 Å². The highest BCUT2D eigenvalue weighted by atomic mass is 35.5. The number of benzene rings is 2. The lowest BCUT2D eigenvalue weighted by Gasteiger charge is -2.07. The molecule has 0 aliphatic heterocycles. The fourth-order valence-electron chi connectivity index (χ4n) is 1.94. The highest BCUT2D eigenvalue weighted by Gasteiger charge is 2.13. The van der Waals surface area contributed by atoms with Crippen molar-refractivity contribution >= 4 is 22.2 Å². The molecule has 0 atom stereocenters. The zero-order chi connectivity index (χ0) is 15.1. The van der Waals surface area contributed by atoms with Crippen LogP contribution < -0.4 is 10.1 Å². The Bertz CT molecular complexity index is 658. The molecule has 0 heterocycles. The first-order valence-corrected chi connectivity index (χ1v) is 8.38.